The van der Waals surface area contributed by atoms with Crippen molar-refractivity contribution in [2.24, 2.45) is 0 Å². The van der Waals surface area contributed by atoms with Gasteiger partial charge >= 0.3 is 5.97 Å². The number of fused-ring (bicyclic) bond motifs is 1. The Kier molecular flexibility index (Phi) is 6.67. The van der Waals surface area contributed by atoms with Crippen LogP contribution < -0.4 is 4.72 Å². The lowest BCUT2D eigenvalue weighted by Gasteiger charge is -2.12. The van der Waals surface area contributed by atoms with Crippen molar-refractivity contribution >= 4 is 45.0 Å². The fourth-order valence-corrected chi connectivity index (χ4v) is 4.55. The third-order valence-electron chi connectivity index (χ3n) is 4.93. The number of carbonyl (C=O) groups excluding carboxylic acids is 1. The second-order valence-corrected chi connectivity index (χ2v) is 9.45. The van der Waals surface area contributed by atoms with Gasteiger partial charge in [-0.25, -0.2) is 22.7 Å². The molecule has 10 heteroatoms. The summed E-state index contributed by atoms with van der Waals surface area (Å²) in [5, 5.41) is 4.52. The first kappa shape index (κ1) is 23.5. The molecule has 0 aliphatic heterocycles. The normalized spacial score (nSPS) is 11.7. The van der Waals surface area contributed by atoms with Crippen molar-refractivity contribution in [1.29, 1.82) is 0 Å². The molecule has 0 atom stereocenters. The molecule has 0 aliphatic carbocycles. The molecule has 0 aliphatic rings. The molecule has 8 nitrogen and oxygen atoms in total. The summed E-state index contributed by atoms with van der Waals surface area (Å²) in [5.41, 5.74) is 3.69. The largest absolute Gasteiger partial charge is 0.463 e. The first-order valence-corrected chi connectivity index (χ1v) is 12.2. The highest BCUT2D eigenvalue weighted by molar-refractivity contribution is 7.92. The summed E-state index contributed by atoms with van der Waals surface area (Å²) in [6.45, 7) is 3.79. The van der Waals surface area contributed by atoms with E-state index in [4.69, 9.17) is 16.3 Å². The zero-order valence-corrected chi connectivity index (χ0v) is 20.0. The Hall–Kier alpha value is -3.69. The standard InChI is InChI=1S/C24H21ClN4O4S/c1-3-33-24(30)12-8-17-5-4-6-19(13-17)34(31,32)28-20-14-18(9-7-16(20)2)21-15-29-23(26-21)11-10-22(25)27-29/h4-15,28H,3H2,1-2H3/b12-8+. The summed E-state index contributed by atoms with van der Waals surface area (Å²) in [6.07, 6.45) is 4.49. The number of aromatic nitrogens is 3. The van der Waals surface area contributed by atoms with E-state index >= 15 is 0 Å². The van der Waals surface area contributed by atoms with Crippen LogP contribution in [0.15, 0.2) is 71.8 Å². The molecule has 0 amide bonds. The van der Waals surface area contributed by atoms with Crippen molar-refractivity contribution in [2.45, 2.75) is 18.7 Å². The molecule has 174 valence electrons. The molecule has 2 heterocycles. The number of aryl methyl sites for hydroxylation is 1. The zero-order chi connectivity index (χ0) is 24.3. The van der Waals surface area contributed by atoms with Crippen molar-refractivity contribution in [2.75, 3.05) is 11.3 Å². The summed E-state index contributed by atoms with van der Waals surface area (Å²) >= 11 is 5.95. The number of sulfonamides is 1. The highest BCUT2D eigenvalue weighted by atomic mass is 35.5. The molecule has 0 saturated carbocycles. The lowest BCUT2D eigenvalue weighted by molar-refractivity contribution is -0.137. The lowest BCUT2D eigenvalue weighted by Crippen LogP contribution is -2.14. The van der Waals surface area contributed by atoms with Crippen molar-refractivity contribution < 1.29 is 17.9 Å². The minimum absolute atomic E-state index is 0.0647. The van der Waals surface area contributed by atoms with Crippen LogP contribution in [0.5, 0.6) is 0 Å². The van der Waals surface area contributed by atoms with E-state index in [1.54, 1.807) is 48.0 Å². The second kappa shape index (κ2) is 9.66. The number of nitrogens with one attached hydrogen (secondary N) is 1. The Bertz CT molecular complexity index is 1510. The number of hydrogen-bond donors (Lipinski definition) is 1. The van der Waals surface area contributed by atoms with Gasteiger partial charge in [0.25, 0.3) is 10.0 Å². The van der Waals surface area contributed by atoms with Crippen LogP contribution >= 0.6 is 11.6 Å². The summed E-state index contributed by atoms with van der Waals surface area (Å²) in [4.78, 5) is 16.1. The Morgan fingerprint density at radius 2 is 2.00 bits per heavy atom. The van der Waals surface area contributed by atoms with Crippen molar-refractivity contribution in [3.63, 3.8) is 0 Å². The molecule has 0 radical (unpaired) electrons. The molecule has 0 spiro atoms. The summed E-state index contributed by atoms with van der Waals surface area (Å²) in [7, 11) is -3.89. The van der Waals surface area contributed by atoms with Crippen LogP contribution in [-0.4, -0.2) is 35.6 Å². The Labute approximate surface area is 201 Å². The number of imidazole rings is 1. The number of anilines is 1. The molecule has 1 N–H and O–H groups in total. The smallest absolute Gasteiger partial charge is 0.330 e. The van der Waals surface area contributed by atoms with Gasteiger partial charge in [-0.05, 0) is 61.4 Å². The SMILES string of the molecule is CCOC(=O)/C=C/c1cccc(S(=O)(=O)Nc2cc(-c3cn4nc(Cl)ccc4n3)ccc2C)c1. The van der Waals surface area contributed by atoms with E-state index in [0.717, 1.165) is 11.1 Å². The molecule has 0 fully saturated rings. The Morgan fingerprint density at radius 1 is 1.18 bits per heavy atom. The Balaban J connectivity index is 1.62. The highest BCUT2D eigenvalue weighted by Crippen LogP contribution is 2.27. The number of esters is 1. The van der Waals surface area contributed by atoms with Crippen LogP contribution in [0.4, 0.5) is 5.69 Å². The number of rotatable bonds is 7. The summed E-state index contributed by atoms with van der Waals surface area (Å²) < 4.78 is 35.3. The number of ether oxygens (including phenoxy) is 1. The number of hydrogen-bond acceptors (Lipinski definition) is 6. The minimum atomic E-state index is -3.89. The van der Waals surface area contributed by atoms with E-state index in [1.807, 2.05) is 19.1 Å². The molecule has 0 unspecified atom stereocenters. The van der Waals surface area contributed by atoms with Gasteiger partial charge in [-0.3, -0.25) is 4.72 Å². The average Bonchev–Trinajstić information content (AvgIpc) is 3.22. The molecule has 0 saturated heterocycles. The predicted molar refractivity (Wildman–Crippen MR) is 131 cm³/mol. The van der Waals surface area contributed by atoms with Crippen LogP contribution in [0.1, 0.15) is 18.1 Å². The van der Waals surface area contributed by atoms with Gasteiger partial charge in [-0.1, -0.05) is 35.9 Å². The molecule has 4 aromatic rings. The van der Waals surface area contributed by atoms with Gasteiger partial charge in [0, 0.05) is 11.6 Å². The monoisotopic (exact) mass is 496 g/mol. The van der Waals surface area contributed by atoms with Gasteiger partial charge < -0.3 is 4.74 Å². The maximum absolute atomic E-state index is 13.1. The summed E-state index contributed by atoms with van der Waals surface area (Å²) in [6, 6.07) is 15.1. The van der Waals surface area contributed by atoms with E-state index < -0.39 is 16.0 Å². The third-order valence-corrected chi connectivity index (χ3v) is 6.50. The maximum Gasteiger partial charge on any atom is 0.330 e. The molecular formula is C24H21ClN4O4S. The topological polar surface area (TPSA) is 103 Å². The van der Waals surface area contributed by atoms with Crippen LogP contribution in [0, 0.1) is 6.92 Å². The Morgan fingerprint density at radius 3 is 2.79 bits per heavy atom. The number of halogens is 1. The van der Waals surface area contributed by atoms with Gasteiger partial charge in [0.05, 0.1) is 29.1 Å². The van der Waals surface area contributed by atoms with Gasteiger partial charge in [-0.15, -0.1) is 0 Å². The number of benzene rings is 2. The van der Waals surface area contributed by atoms with Gasteiger partial charge in [0.15, 0.2) is 5.65 Å². The predicted octanol–water partition coefficient (Wildman–Crippen LogP) is 4.74. The molecule has 2 aromatic carbocycles. The molecule has 34 heavy (non-hydrogen) atoms. The van der Waals surface area contributed by atoms with E-state index in [9.17, 15) is 13.2 Å². The molecular weight excluding hydrogens is 476 g/mol. The summed E-state index contributed by atoms with van der Waals surface area (Å²) in [5.74, 6) is -0.495. The number of carbonyl (C=O) groups is 1. The zero-order valence-electron chi connectivity index (χ0n) is 18.4. The molecule has 0 bridgehead atoms. The van der Waals surface area contributed by atoms with Crippen molar-refractivity contribution in [1.82, 2.24) is 14.6 Å². The maximum atomic E-state index is 13.1. The second-order valence-electron chi connectivity index (χ2n) is 7.38. The van der Waals surface area contributed by atoms with Crippen LogP contribution in [0.25, 0.3) is 23.0 Å². The fourth-order valence-electron chi connectivity index (χ4n) is 3.23. The van der Waals surface area contributed by atoms with Gasteiger partial charge in [0.1, 0.15) is 5.15 Å². The molecule has 2 aromatic heterocycles. The first-order chi connectivity index (χ1) is 16.2. The third kappa shape index (κ3) is 5.27. The first-order valence-electron chi connectivity index (χ1n) is 10.4. The average molecular weight is 497 g/mol. The van der Waals surface area contributed by atoms with E-state index in [-0.39, 0.29) is 11.5 Å². The minimum Gasteiger partial charge on any atom is -0.463 e. The van der Waals surface area contributed by atoms with Crippen molar-refractivity contribution in [3.8, 4) is 11.3 Å². The number of nitrogens with zero attached hydrogens (tertiary/aromatic N) is 3. The van der Waals surface area contributed by atoms with Crippen molar-refractivity contribution in [3.05, 3.63) is 83.2 Å². The van der Waals surface area contributed by atoms with Crippen LogP contribution in [0.3, 0.4) is 0 Å². The van der Waals surface area contributed by atoms with E-state index in [2.05, 4.69) is 14.8 Å². The van der Waals surface area contributed by atoms with Crippen LogP contribution in [-0.2, 0) is 19.6 Å². The van der Waals surface area contributed by atoms with E-state index in [0.29, 0.717) is 27.7 Å². The molecule has 4 rings (SSSR count). The fraction of sp³-hybridized carbons (Fsp3) is 0.125. The van der Waals surface area contributed by atoms with E-state index in [1.165, 1.54) is 24.3 Å². The highest BCUT2D eigenvalue weighted by Gasteiger charge is 2.17. The van der Waals surface area contributed by atoms with Gasteiger partial charge in [0.2, 0.25) is 0 Å². The quantitative estimate of drug-likeness (QED) is 0.293. The van der Waals surface area contributed by atoms with Crippen LogP contribution in [0.2, 0.25) is 5.15 Å². The van der Waals surface area contributed by atoms with Gasteiger partial charge in [-0.2, -0.15) is 5.10 Å². The lowest BCUT2D eigenvalue weighted by atomic mass is 10.1.